The van der Waals surface area contributed by atoms with E-state index in [1.54, 1.807) is 24.3 Å². The fraction of sp³-hybridized carbons (Fsp3) is 0.105. The van der Waals surface area contributed by atoms with Crippen LogP contribution in [0.4, 0.5) is 0 Å². The van der Waals surface area contributed by atoms with Crippen LogP contribution in [0.1, 0.15) is 12.0 Å². The minimum Gasteiger partial charge on any atom is -0.481 e. The molecule has 6 heteroatoms. The van der Waals surface area contributed by atoms with Gasteiger partial charge in [0.2, 0.25) is 0 Å². The van der Waals surface area contributed by atoms with Crippen LogP contribution in [0.3, 0.4) is 0 Å². The van der Waals surface area contributed by atoms with Gasteiger partial charge in [0.15, 0.2) is 5.54 Å². The van der Waals surface area contributed by atoms with Gasteiger partial charge in [0, 0.05) is 12.4 Å². The van der Waals surface area contributed by atoms with E-state index < -0.39 is 23.9 Å². The highest BCUT2D eigenvalue weighted by atomic mass is 16.4. The van der Waals surface area contributed by atoms with Crippen LogP contribution in [0, 0.1) is 0 Å². The molecule has 0 aliphatic carbocycles. The molecule has 0 saturated carbocycles. The molecule has 126 valence electrons. The average Bonchev–Trinajstić information content (AvgIpc) is 3.15. The highest BCUT2D eigenvalue weighted by Gasteiger charge is 2.44. The van der Waals surface area contributed by atoms with Gasteiger partial charge in [0.1, 0.15) is 0 Å². The second-order valence-electron chi connectivity index (χ2n) is 5.65. The van der Waals surface area contributed by atoms with Crippen molar-refractivity contribution in [2.24, 2.45) is 0 Å². The summed E-state index contributed by atoms with van der Waals surface area (Å²) in [5.74, 6) is -2.46. The topological polar surface area (TPSA) is 92.4 Å². The monoisotopic (exact) mass is 336 g/mol. The Morgan fingerprint density at radius 2 is 1.60 bits per heavy atom. The molecule has 0 aliphatic rings. The molecule has 3 aromatic rings. The summed E-state index contributed by atoms with van der Waals surface area (Å²) >= 11 is 0. The first-order chi connectivity index (χ1) is 12.0. The maximum absolute atomic E-state index is 12.1. The summed E-state index contributed by atoms with van der Waals surface area (Å²) in [5, 5.41) is 19.2. The van der Waals surface area contributed by atoms with Crippen LogP contribution >= 0.6 is 0 Å². The molecule has 3 rings (SSSR count). The third-order valence-electron chi connectivity index (χ3n) is 4.18. The summed E-state index contributed by atoms with van der Waals surface area (Å²) < 4.78 is 1.32. The summed E-state index contributed by atoms with van der Waals surface area (Å²) in [7, 11) is 0. The molecular formula is C19H16N2O4. The Labute approximate surface area is 144 Å². The number of imidazole rings is 1. The number of carbonyl (C=O) groups is 2. The number of nitrogens with zero attached hydrogens (tertiary/aromatic N) is 2. The maximum Gasteiger partial charge on any atom is 0.335 e. The molecule has 0 spiro atoms. The quantitative estimate of drug-likeness (QED) is 0.722. The van der Waals surface area contributed by atoms with Crippen molar-refractivity contribution in [3.63, 3.8) is 0 Å². The van der Waals surface area contributed by atoms with E-state index in [-0.39, 0.29) is 0 Å². The van der Waals surface area contributed by atoms with E-state index >= 15 is 0 Å². The minimum atomic E-state index is -1.75. The van der Waals surface area contributed by atoms with Crippen LogP contribution in [0.2, 0.25) is 0 Å². The molecule has 1 aromatic heterocycles. The SMILES string of the molecule is O=C(O)CC(C(=O)O)(c1ccc(-c2ccccc2)cc1)n1ccnc1. The molecule has 0 bridgehead atoms. The molecular weight excluding hydrogens is 320 g/mol. The second kappa shape index (κ2) is 6.60. The summed E-state index contributed by atoms with van der Waals surface area (Å²) in [6, 6.07) is 16.5. The number of benzene rings is 2. The number of aliphatic carboxylic acids is 2. The van der Waals surface area contributed by atoms with Crippen molar-refractivity contribution in [3.05, 3.63) is 78.9 Å². The minimum absolute atomic E-state index is 0.375. The molecule has 1 atom stereocenters. The smallest absolute Gasteiger partial charge is 0.335 e. The van der Waals surface area contributed by atoms with Gasteiger partial charge in [-0.05, 0) is 16.7 Å². The second-order valence-corrected chi connectivity index (χ2v) is 5.65. The molecule has 0 fully saturated rings. The van der Waals surface area contributed by atoms with Crippen molar-refractivity contribution in [1.82, 2.24) is 9.55 Å². The standard InChI is InChI=1S/C19H16N2O4/c22-17(23)12-19(18(24)25,21-11-10-20-13-21)16-8-6-15(7-9-16)14-4-2-1-3-5-14/h1-11,13H,12H2,(H,22,23)(H,24,25). The Morgan fingerprint density at radius 3 is 2.12 bits per heavy atom. The van der Waals surface area contributed by atoms with Gasteiger partial charge in [-0.1, -0.05) is 54.6 Å². The van der Waals surface area contributed by atoms with Gasteiger partial charge in [0.05, 0.1) is 12.7 Å². The molecule has 2 aromatic carbocycles. The normalized spacial score (nSPS) is 13.1. The van der Waals surface area contributed by atoms with E-state index in [0.29, 0.717) is 5.56 Å². The molecule has 0 amide bonds. The molecule has 0 radical (unpaired) electrons. The van der Waals surface area contributed by atoms with Crippen LogP contribution < -0.4 is 0 Å². The van der Waals surface area contributed by atoms with E-state index in [0.717, 1.165) is 11.1 Å². The van der Waals surface area contributed by atoms with Gasteiger partial charge in [-0.2, -0.15) is 0 Å². The van der Waals surface area contributed by atoms with Crippen LogP contribution in [0.25, 0.3) is 11.1 Å². The lowest BCUT2D eigenvalue weighted by Crippen LogP contribution is -2.44. The summed E-state index contributed by atoms with van der Waals surface area (Å²) in [6.07, 6.45) is 3.62. The first-order valence-corrected chi connectivity index (χ1v) is 7.63. The first-order valence-electron chi connectivity index (χ1n) is 7.63. The van der Waals surface area contributed by atoms with E-state index in [9.17, 15) is 19.8 Å². The van der Waals surface area contributed by atoms with Crippen LogP contribution in [-0.2, 0) is 15.1 Å². The Morgan fingerprint density at radius 1 is 0.960 bits per heavy atom. The van der Waals surface area contributed by atoms with Gasteiger partial charge < -0.3 is 14.8 Å². The van der Waals surface area contributed by atoms with Gasteiger partial charge in [-0.15, -0.1) is 0 Å². The van der Waals surface area contributed by atoms with Gasteiger partial charge in [0.25, 0.3) is 0 Å². The Bertz CT molecular complexity index is 874. The largest absolute Gasteiger partial charge is 0.481 e. The highest BCUT2D eigenvalue weighted by molar-refractivity contribution is 5.87. The number of carboxylic acid groups (broad SMARTS) is 2. The lowest BCUT2D eigenvalue weighted by atomic mass is 9.85. The van der Waals surface area contributed by atoms with E-state index in [2.05, 4.69) is 4.98 Å². The summed E-state index contributed by atoms with van der Waals surface area (Å²) in [4.78, 5) is 27.4. The third-order valence-corrected chi connectivity index (χ3v) is 4.18. The zero-order valence-electron chi connectivity index (χ0n) is 13.2. The van der Waals surface area contributed by atoms with Crippen LogP contribution in [0.5, 0.6) is 0 Å². The molecule has 1 heterocycles. The number of hydrogen-bond donors (Lipinski definition) is 2. The number of carboxylic acids is 2. The van der Waals surface area contributed by atoms with E-state index in [4.69, 9.17) is 0 Å². The highest BCUT2D eigenvalue weighted by Crippen LogP contribution is 2.32. The van der Waals surface area contributed by atoms with Gasteiger partial charge in [-0.3, -0.25) is 4.79 Å². The van der Waals surface area contributed by atoms with Crippen molar-refractivity contribution < 1.29 is 19.8 Å². The van der Waals surface area contributed by atoms with Crippen LogP contribution in [0.15, 0.2) is 73.3 Å². The fourth-order valence-electron chi connectivity index (χ4n) is 2.92. The van der Waals surface area contributed by atoms with E-state index in [1.165, 1.54) is 23.3 Å². The Kier molecular flexibility index (Phi) is 4.35. The Balaban J connectivity index is 2.10. The zero-order valence-corrected chi connectivity index (χ0v) is 13.2. The molecule has 0 aliphatic heterocycles. The van der Waals surface area contributed by atoms with Crippen LogP contribution in [-0.4, -0.2) is 31.7 Å². The predicted octanol–water partition coefficient (Wildman–Crippen LogP) is 2.85. The number of hydrogen-bond acceptors (Lipinski definition) is 3. The molecule has 25 heavy (non-hydrogen) atoms. The Hall–Kier alpha value is -3.41. The first kappa shape index (κ1) is 16.4. The zero-order chi connectivity index (χ0) is 17.9. The number of aromatic nitrogens is 2. The number of rotatable bonds is 6. The average molecular weight is 336 g/mol. The molecule has 6 nitrogen and oxygen atoms in total. The third kappa shape index (κ3) is 3.01. The van der Waals surface area contributed by atoms with Crippen molar-refractivity contribution in [3.8, 4) is 11.1 Å². The van der Waals surface area contributed by atoms with Crippen molar-refractivity contribution in [2.75, 3.05) is 0 Å². The molecule has 1 unspecified atom stereocenters. The van der Waals surface area contributed by atoms with Gasteiger partial charge >= 0.3 is 11.9 Å². The maximum atomic E-state index is 12.1. The lowest BCUT2D eigenvalue weighted by Gasteiger charge is -2.30. The molecule has 0 saturated heterocycles. The predicted molar refractivity (Wildman–Crippen MR) is 91.1 cm³/mol. The lowest BCUT2D eigenvalue weighted by molar-refractivity contribution is -0.152. The molecule has 2 N–H and O–H groups in total. The van der Waals surface area contributed by atoms with Crippen molar-refractivity contribution in [1.29, 1.82) is 0 Å². The fourth-order valence-corrected chi connectivity index (χ4v) is 2.92. The van der Waals surface area contributed by atoms with Crippen molar-refractivity contribution in [2.45, 2.75) is 12.0 Å². The van der Waals surface area contributed by atoms with E-state index in [1.807, 2.05) is 30.3 Å². The summed E-state index contributed by atoms with van der Waals surface area (Å²) in [5.41, 5.74) is 0.540. The van der Waals surface area contributed by atoms with Crippen molar-refractivity contribution >= 4 is 11.9 Å². The summed E-state index contributed by atoms with van der Waals surface area (Å²) in [6.45, 7) is 0. The van der Waals surface area contributed by atoms with Gasteiger partial charge in [-0.25, -0.2) is 9.78 Å².